The van der Waals surface area contributed by atoms with E-state index in [1.165, 1.54) is 48.8 Å². The van der Waals surface area contributed by atoms with Gasteiger partial charge in [-0.1, -0.05) is 19.1 Å². The molecule has 166 valence electrons. The number of amides is 1. The first-order valence-corrected chi connectivity index (χ1v) is 11.5. The van der Waals surface area contributed by atoms with Gasteiger partial charge in [0.1, 0.15) is 11.8 Å². The summed E-state index contributed by atoms with van der Waals surface area (Å²) in [6.07, 6.45) is 9.08. The molecule has 0 aliphatic heterocycles. The molecule has 2 aromatic heterocycles. The molecule has 2 aliphatic carbocycles. The number of nitrogens with zero attached hydrogens (tertiary/aromatic N) is 3. The van der Waals surface area contributed by atoms with Crippen LogP contribution < -0.4 is 16.0 Å². The third-order valence-electron chi connectivity index (χ3n) is 6.17. The molecule has 0 spiro atoms. The molecule has 0 saturated heterocycles. The molecule has 2 heterocycles. The van der Waals surface area contributed by atoms with Gasteiger partial charge in [-0.3, -0.25) is 4.79 Å². The minimum absolute atomic E-state index is 0.0779. The topological polar surface area (TPSA) is 83.4 Å². The van der Waals surface area contributed by atoms with Crippen molar-refractivity contribution in [3.05, 3.63) is 58.6 Å². The number of anilines is 2. The van der Waals surface area contributed by atoms with Gasteiger partial charge in [0.15, 0.2) is 5.82 Å². The van der Waals surface area contributed by atoms with Crippen LogP contribution in [-0.4, -0.2) is 33.1 Å². The van der Waals surface area contributed by atoms with Gasteiger partial charge in [-0.2, -0.15) is 5.10 Å². The molecule has 0 unspecified atom stereocenters. The first-order chi connectivity index (χ1) is 15.5. The largest absolute Gasteiger partial charge is 0.382 e. The minimum atomic E-state index is -0.0779. The summed E-state index contributed by atoms with van der Waals surface area (Å²) >= 11 is 0. The van der Waals surface area contributed by atoms with Gasteiger partial charge in [0.2, 0.25) is 0 Å². The number of aryl methyl sites for hydroxylation is 2. The van der Waals surface area contributed by atoms with E-state index in [1.807, 2.05) is 13.8 Å². The van der Waals surface area contributed by atoms with Crippen molar-refractivity contribution in [1.29, 1.82) is 0 Å². The lowest BCUT2D eigenvalue weighted by atomic mass is 10.1. The number of hydrogen-bond donors (Lipinski definition) is 3. The van der Waals surface area contributed by atoms with Crippen LogP contribution in [0.1, 0.15) is 66.1 Å². The predicted molar refractivity (Wildman–Crippen MR) is 127 cm³/mol. The second-order valence-corrected chi connectivity index (χ2v) is 8.88. The van der Waals surface area contributed by atoms with E-state index < -0.39 is 0 Å². The Morgan fingerprint density at radius 2 is 2.03 bits per heavy atom. The smallest absolute Gasteiger partial charge is 0.253 e. The predicted octanol–water partition coefficient (Wildman–Crippen LogP) is 4.49. The molecule has 0 radical (unpaired) electrons. The molecule has 2 aliphatic rings. The molecule has 7 heteroatoms. The molecule has 2 fully saturated rings. The Kier molecular flexibility index (Phi) is 5.33. The van der Waals surface area contributed by atoms with Crippen LogP contribution in [0.5, 0.6) is 0 Å². The van der Waals surface area contributed by atoms with E-state index >= 15 is 0 Å². The van der Waals surface area contributed by atoms with E-state index in [2.05, 4.69) is 51.2 Å². The average molecular weight is 431 g/mol. The van der Waals surface area contributed by atoms with Crippen LogP contribution in [0, 0.1) is 13.8 Å². The maximum Gasteiger partial charge on any atom is 0.253 e. The van der Waals surface area contributed by atoms with Gasteiger partial charge < -0.3 is 16.0 Å². The van der Waals surface area contributed by atoms with Crippen LogP contribution in [-0.2, 0) is 0 Å². The second-order valence-electron chi connectivity index (χ2n) is 8.88. The first kappa shape index (κ1) is 20.5. The molecule has 32 heavy (non-hydrogen) atoms. The van der Waals surface area contributed by atoms with E-state index in [-0.39, 0.29) is 5.91 Å². The Balaban J connectivity index is 1.49. The summed E-state index contributed by atoms with van der Waals surface area (Å²) in [6, 6.07) is 7.18. The van der Waals surface area contributed by atoms with Gasteiger partial charge in [0.05, 0.1) is 5.56 Å². The second kappa shape index (κ2) is 8.30. The molecule has 7 nitrogen and oxygen atoms in total. The summed E-state index contributed by atoms with van der Waals surface area (Å²) < 4.78 is 1.73. The Bertz CT molecular complexity index is 1210. The SMILES string of the molecule is CCCNC(=O)c1cn2ncnc(Nc3cc(C(NC4CC4)=C4CC4)ccc3C)c2c1C. The van der Waals surface area contributed by atoms with E-state index in [9.17, 15) is 4.79 Å². The number of allylic oxidation sites excluding steroid dienone is 1. The zero-order chi connectivity index (χ0) is 22.2. The molecule has 1 aromatic carbocycles. The van der Waals surface area contributed by atoms with Gasteiger partial charge in [-0.15, -0.1) is 0 Å². The molecular formula is C25H30N6O. The average Bonchev–Trinajstić information content (AvgIpc) is 3.71. The third-order valence-corrected chi connectivity index (χ3v) is 6.17. The van der Waals surface area contributed by atoms with E-state index in [4.69, 9.17) is 0 Å². The Morgan fingerprint density at radius 1 is 1.22 bits per heavy atom. The number of rotatable bonds is 8. The summed E-state index contributed by atoms with van der Waals surface area (Å²) in [4.78, 5) is 17.1. The quantitative estimate of drug-likeness (QED) is 0.491. The van der Waals surface area contributed by atoms with Crippen molar-refractivity contribution in [2.45, 2.75) is 58.9 Å². The van der Waals surface area contributed by atoms with Gasteiger partial charge in [0.25, 0.3) is 5.91 Å². The molecule has 2 saturated carbocycles. The normalized spacial score (nSPS) is 15.0. The summed E-state index contributed by atoms with van der Waals surface area (Å²) in [5.41, 5.74) is 8.50. The molecule has 3 N–H and O–H groups in total. The lowest BCUT2D eigenvalue weighted by Gasteiger charge is -2.15. The molecule has 3 aromatic rings. The standard InChI is InChI=1S/C25H30N6O/c1-4-11-26-25(32)20-13-31-23(16(20)3)24(27-14-28-31)30-21-12-18(6-5-15(21)2)22(17-7-8-17)29-19-9-10-19/h5-6,12-14,19,29H,4,7-11H2,1-3H3,(H,26,32)(H,27,28,30). The molecule has 0 bridgehead atoms. The maximum absolute atomic E-state index is 12.6. The highest BCUT2D eigenvalue weighted by molar-refractivity contribution is 5.99. The molecular weight excluding hydrogens is 400 g/mol. The molecule has 0 atom stereocenters. The Morgan fingerprint density at radius 3 is 2.75 bits per heavy atom. The number of aromatic nitrogens is 3. The van der Waals surface area contributed by atoms with Crippen molar-refractivity contribution < 1.29 is 4.79 Å². The fourth-order valence-electron chi connectivity index (χ4n) is 3.99. The van der Waals surface area contributed by atoms with Crippen molar-refractivity contribution in [3.8, 4) is 0 Å². The molecule has 1 amide bonds. The van der Waals surface area contributed by atoms with Crippen molar-refractivity contribution in [3.63, 3.8) is 0 Å². The van der Waals surface area contributed by atoms with Crippen LogP contribution in [0.4, 0.5) is 11.5 Å². The number of nitrogens with one attached hydrogen (secondary N) is 3. The van der Waals surface area contributed by atoms with Gasteiger partial charge in [-0.25, -0.2) is 9.50 Å². The highest BCUT2D eigenvalue weighted by Crippen LogP contribution is 2.38. The van der Waals surface area contributed by atoms with Crippen LogP contribution in [0.2, 0.25) is 0 Å². The number of carbonyl (C=O) groups excluding carboxylic acids is 1. The zero-order valence-corrected chi connectivity index (χ0v) is 19.0. The van der Waals surface area contributed by atoms with E-state index in [0.717, 1.165) is 28.8 Å². The first-order valence-electron chi connectivity index (χ1n) is 11.5. The van der Waals surface area contributed by atoms with Crippen LogP contribution >= 0.6 is 0 Å². The monoisotopic (exact) mass is 430 g/mol. The lowest BCUT2D eigenvalue weighted by molar-refractivity contribution is 0.0953. The summed E-state index contributed by atoms with van der Waals surface area (Å²) in [5, 5.41) is 14.5. The number of fused-ring (bicyclic) bond motifs is 1. The van der Waals surface area contributed by atoms with Gasteiger partial charge in [0, 0.05) is 30.2 Å². The Labute approximate surface area is 188 Å². The summed E-state index contributed by atoms with van der Waals surface area (Å²) in [7, 11) is 0. The highest BCUT2D eigenvalue weighted by atomic mass is 16.1. The summed E-state index contributed by atoms with van der Waals surface area (Å²) in [5.74, 6) is 0.619. The number of benzene rings is 1. The van der Waals surface area contributed by atoms with Crippen molar-refractivity contribution in [2.24, 2.45) is 0 Å². The maximum atomic E-state index is 12.6. The van der Waals surface area contributed by atoms with Gasteiger partial charge in [-0.05, 0) is 74.3 Å². The van der Waals surface area contributed by atoms with E-state index in [0.29, 0.717) is 24.0 Å². The number of carbonyl (C=O) groups is 1. The van der Waals surface area contributed by atoms with Crippen LogP contribution in [0.25, 0.3) is 11.2 Å². The number of hydrogen-bond acceptors (Lipinski definition) is 5. The fraction of sp³-hybridized carbons (Fsp3) is 0.400. The van der Waals surface area contributed by atoms with Crippen LogP contribution in [0.3, 0.4) is 0 Å². The Hall–Kier alpha value is -3.35. The zero-order valence-electron chi connectivity index (χ0n) is 19.0. The van der Waals surface area contributed by atoms with Crippen molar-refractivity contribution >= 4 is 28.6 Å². The molecule has 5 rings (SSSR count). The summed E-state index contributed by atoms with van der Waals surface area (Å²) in [6.45, 7) is 6.73. The minimum Gasteiger partial charge on any atom is -0.382 e. The van der Waals surface area contributed by atoms with Crippen molar-refractivity contribution in [1.82, 2.24) is 25.2 Å². The van der Waals surface area contributed by atoms with E-state index in [1.54, 1.807) is 10.7 Å². The van der Waals surface area contributed by atoms with Crippen molar-refractivity contribution in [2.75, 3.05) is 11.9 Å². The van der Waals surface area contributed by atoms with Gasteiger partial charge >= 0.3 is 0 Å². The van der Waals surface area contributed by atoms with Crippen LogP contribution in [0.15, 0.2) is 36.3 Å². The highest BCUT2D eigenvalue weighted by Gasteiger charge is 2.27. The third kappa shape index (κ3) is 4.07. The lowest BCUT2D eigenvalue weighted by Crippen LogP contribution is -2.24. The fourth-order valence-corrected chi connectivity index (χ4v) is 3.99.